The Morgan fingerprint density at radius 3 is 2.60 bits per heavy atom. The van der Waals surface area contributed by atoms with Crippen molar-refractivity contribution in [2.75, 3.05) is 6.54 Å². The van der Waals surface area contributed by atoms with Crippen molar-refractivity contribution in [1.82, 2.24) is 10.6 Å². The van der Waals surface area contributed by atoms with Gasteiger partial charge in [-0.2, -0.15) is 0 Å². The van der Waals surface area contributed by atoms with Crippen LogP contribution in [-0.2, 0) is 4.74 Å². The van der Waals surface area contributed by atoms with Gasteiger partial charge in [0.2, 0.25) is 0 Å². The van der Waals surface area contributed by atoms with Gasteiger partial charge < -0.3 is 15.4 Å². The summed E-state index contributed by atoms with van der Waals surface area (Å²) in [5.41, 5.74) is -0.0678. The molecule has 0 aromatic rings. The maximum absolute atomic E-state index is 11.8. The largest absolute Gasteiger partial charge is 0.444 e. The average Bonchev–Trinajstić information content (AvgIpc) is 2.98. The van der Waals surface area contributed by atoms with Crippen LogP contribution < -0.4 is 10.6 Å². The summed E-state index contributed by atoms with van der Waals surface area (Å²) in [4.78, 5) is 11.8. The lowest BCUT2D eigenvalue weighted by molar-refractivity contribution is 0.0512. The van der Waals surface area contributed by atoms with Crippen LogP contribution in [0.15, 0.2) is 12.7 Å². The highest BCUT2D eigenvalue weighted by atomic mass is 16.6. The zero-order chi connectivity index (χ0) is 14.8. The van der Waals surface area contributed by atoms with Crippen molar-refractivity contribution in [2.24, 2.45) is 5.41 Å². The van der Waals surface area contributed by atoms with Crippen LogP contribution in [0.2, 0.25) is 0 Å². The van der Waals surface area contributed by atoms with Crippen LogP contribution in [0.3, 0.4) is 0 Å². The van der Waals surface area contributed by atoms with Gasteiger partial charge in [0.1, 0.15) is 5.60 Å². The molecule has 114 valence electrons. The number of alkyl carbamates (subject to hydrolysis) is 1. The van der Waals surface area contributed by atoms with Crippen molar-refractivity contribution in [3.8, 4) is 0 Å². The molecule has 20 heavy (non-hydrogen) atoms. The van der Waals surface area contributed by atoms with Gasteiger partial charge in [-0.25, -0.2) is 4.79 Å². The molecule has 1 atom stereocenters. The minimum absolute atomic E-state index is 0.272. The summed E-state index contributed by atoms with van der Waals surface area (Å²) in [7, 11) is 0. The Labute approximate surface area is 122 Å². The lowest BCUT2D eigenvalue weighted by Crippen LogP contribution is -2.38. The molecule has 0 saturated heterocycles. The van der Waals surface area contributed by atoms with E-state index in [-0.39, 0.29) is 6.09 Å². The zero-order valence-corrected chi connectivity index (χ0v) is 13.0. The molecule has 2 aliphatic rings. The van der Waals surface area contributed by atoms with E-state index in [1.54, 1.807) is 0 Å². The van der Waals surface area contributed by atoms with E-state index in [1.807, 2.05) is 26.8 Å². The van der Waals surface area contributed by atoms with E-state index < -0.39 is 5.60 Å². The summed E-state index contributed by atoms with van der Waals surface area (Å²) in [6.45, 7) is 10.3. The Hall–Kier alpha value is -1.03. The van der Waals surface area contributed by atoms with Gasteiger partial charge in [0.15, 0.2) is 0 Å². The van der Waals surface area contributed by atoms with E-state index in [4.69, 9.17) is 4.74 Å². The van der Waals surface area contributed by atoms with Gasteiger partial charge in [-0.1, -0.05) is 6.08 Å². The van der Waals surface area contributed by atoms with Crippen LogP contribution in [0.25, 0.3) is 0 Å². The predicted octanol–water partition coefficient (Wildman–Crippen LogP) is 2.99. The Kier molecular flexibility index (Phi) is 4.43. The molecule has 0 heterocycles. The second kappa shape index (κ2) is 5.76. The maximum Gasteiger partial charge on any atom is 0.407 e. The fourth-order valence-corrected chi connectivity index (χ4v) is 3.20. The summed E-state index contributed by atoms with van der Waals surface area (Å²) < 4.78 is 5.32. The Morgan fingerprint density at radius 2 is 2.05 bits per heavy atom. The minimum atomic E-state index is -0.418. The lowest BCUT2D eigenvalue weighted by Gasteiger charge is -2.30. The zero-order valence-electron chi connectivity index (χ0n) is 13.0. The van der Waals surface area contributed by atoms with Crippen LogP contribution in [0.1, 0.15) is 52.9 Å². The standard InChI is InChI=1S/C16H28N2O2/c1-5-10-17-12-6-8-16(9-7-12)11-13(16)18-14(19)20-15(2,3)4/h5,12-13,17H,1,6-11H2,2-4H3,(H,18,19). The Balaban J connectivity index is 1.72. The quantitative estimate of drug-likeness (QED) is 0.778. The molecule has 1 spiro atoms. The number of nitrogens with one attached hydrogen (secondary N) is 2. The smallest absolute Gasteiger partial charge is 0.407 e. The van der Waals surface area contributed by atoms with E-state index in [9.17, 15) is 4.79 Å². The normalized spacial score (nSPS) is 32.8. The number of ether oxygens (including phenoxy) is 1. The SMILES string of the molecule is C=CCNC1CCC2(CC1)CC2NC(=O)OC(C)(C)C. The first-order valence-corrected chi connectivity index (χ1v) is 7.68. The molecule has 0 aromatic carbocycles. The van der Waals surface area contributed by atoms with Crippen molar-refractivity contribution < 1.29 is 9.53 Å². The third kappa shape index (κ3) is 3.98. The lowest BCUT2D eigenvalue weighted by atomic mass is 9.83. The van der Waals surface area contributed by atoms with E-state index in [2.05, 4.69) is 17.2 Å². The number of rotatable bonds is 4. The molecule has 2 aliphatic carbocycles. The van der Waals surface area contributed by atoms with Crippen molar-refractivity contribution >= 4 is 6.09 Å². The molecule has 0 aromatic heterocycles. The van der Waals surface area contributed by atoms with Gasteiger partial charge in [-0.15, -0.1) is 6.58 Å². The molecule has 0 radical (unpaired) electrons. The molecule has 0 aliphatic heterocycles. The Bertz CT molecular complexity index is 365. The van der Waals surface area contributed by atoms with Crippen molar-refractivity contribution in [3.63, 3.8) is 0 Å². The molecule has 2 fully saturated rings. The third-order valence-electron chi connectivity index (χ3n) is 4.41. The van der Waals surface area contributed by atoms with Gasteiger partial charge >= 0.3 is 6.09 Å². The van der Waals surface area contributed by atoms with E-state index in [1.165, 1.54) is 25.7 Å². The van der Waals surface area contributed by atoms with E-state index in [0.717, 1.165) is 13.0 Å². The van der Waals surface area contributed by atoms with Crippen LogP contribution >= 0.6 is 0 Å². The summed E-state index contributed by atoms with van der Waals surface area (Å²) in [5.74, 6) is 0. The first kappa shape index (κ1) is 15.4. The highest BCUT2D eigenvalue weighted by Crippen LogP contribution is 2.56. The van der Waals surface area contributed by atoms with Gasteiger partial charge in [-0.05, 0) is 58.3 Å². The molecule has 2 saturated carbocycles. The number of amides is 1. The molecule has 0 bridgehead atoms. The highest BCUT2D eigenvalue weighted by Gasteiger charge is 2.55. The van der Waals surface area contributed by atoms with Gasteiger partial charge in [0.05, 0.1) is 0 Å². The summed E-state index contributed by atoms with van der Waals surface area (Å²) >= 11 is 0. The molecule has 2 rings (SSSR count). The molecular formula is C16H28N2O2. The second-order valence-corrected chi connectivity index (χ2v) is 7.24. The fraction of sp³-hybridized carbons (Fsp3) is 0.812. The number of carbonyl (C=O) groups excluding carboxylic acids is 1. The fourth-order valence-electron chi connectivity index (χ4n) is 3.20. The number of carbonyl (C=O) groups is 1. The van der Waals surface area contributed by atoms with E-state index >= 15 is 0 Å². The van der Waals surface area contributed by atoms with Gasteiger partial charge in [0.25, 0.3) is 0 Å². The van der Waals surface area contributed by atoms with Crippen molar-refractivity contribution in [3.05, 3.63) is 12.7 Å². The summed E-state index contributed by atoms with van der Waals surface area (Å²) in [5, 5.41) is 6.52. The minimum Gasteiger partial charge on any atom is -0.444 e. The molecule has 4 heteroatoms. The maximum atomic E-state index is 11.8. The van der Waals surface area contributed by atoms with E-state index in [0.29, 0.717) is 17.5 Å². The first-order valence-electron chi connectivity index (χ1n) is 7.68. The summed E-state index contributed by atoms with van der Waals surface area (Å²) in [6, 6.07) is 0.930. The van der Waals surface area contributed by atoms with Crippen LogP contribution in [0.5, 0.6) is 0 Å². The Morgan fingerprint density at radius 1 is 1.40 bits per heavy atom. The predicted molar refractivity (Wildman–Crippen MR) is 80.7 cm³/mol. The highest BCUT2D eigenvalue weighted by molar-refractivity contribution is 5.68. The van der Waals surface area contributed by atoms with Gasteiger partial charge in [-0.3, -0.25) is 0 Å². The molecule has 2 N–H and O–H groups in total. The molecule has 4 nitrogen and oxygen atoms in total. The van der Waals surface area contributed by atoms with Crippen molar-refractivity contribution in [1.29, 1.82) is 0 Å². The van der Waals surface area contributed by atoms with Crippen LogP contribution in [0.4, 0.5) is 4.79 Å². The monoisotopic (exact) mass is 280 g/mol. The third-order valence-corrected chi connectivity index (χ3v) is 4.41. The van der Waals surface area contributed by atoms with Gasteiger partial charge in [0, 0.05) is 18.6 Å². The second-order valence-electron chi connectivity index (χ2n) is 7.24. The molecule has 1 amide bonds. The molecular weight excluding hydrogens is 252 g/mol. The van der Waals surface area contributed by atoms with Crippen LogP contribution in [-0.4, -0.2) is 30.3 Å². The summed E-state index contributed by atoms with van der Waals surface area (Å²) in [6.07, 6.45) is 7.53. The molecule has 1 unspecified atom stereocenters. The topological polar surface area (TPSA) is 50.4 Å². The number of hydrogen-bond acceptors (Lipinski definition) is 3. The first-order chi connectivity index (χ1) is 9.35. The average molecular weight is 280 g/mol. The van der Waals surface area contributed by atoms with Crippen LogP contribution in [0, 0.1) is 5.41 Å². The number of hydrogen-bond donors (Lipinski definition) is 2. The van der Waals surface area contributed by atoms with Crippen molar-refractivity contribution in [2.45, 2.75) is 70.6 Å².